The number of halogens is 4. The fourth-order valence-corrected chi connectivity index (χ4v) is 3.72. The fraction of sp³-hybridized carbons (Fsp3) is 0.474. The maximum absolute atomic E-state index is 13.7. The standard InChI is InChI=1S/C19H20F4N4O/c1-27-17(25-18(28)24-12-8-19(22,23)9-12)15(10-3-2-4-10)16(26-27)11-5-6-13(20)14(21)7-11/h5-7,10,12H,2-4,8-9H2,1H3,(H2,24,25,28). The minimum atomic E-state index is -2.72. The van der Waals surface area contributed by atoms with Gasteiger partial charge >= 0.3 is 6.03 Å². The van der Waals surface area contributed by atoms with E-state index < -0.39 is 29.6 Å². The average Bonchev–Trinajstić information content (AvgIpc) is 2.84. The molecule has 5 nitrogen and oxygen atoms in total. The monoisotopic (exact) mass is 396 g/mol. The maximum atomic E-state index is 13.7. The second-order valence-corrected chi connectivity index (χ2v) is 7.55. The topological polar surface area (TPSA) is 59.0 Å². The van der Waals surface area contributed by atoms with Crippen LogP contribution in [-0.4, -0.2) is 27.8 Å². The van der Waals surface area contributed by atoms with Crippen molar-refractivity contribution >= 4 is 11.8 Å². The molecule has 1 aromatic carbocycles. The summed E-state index contributed by atoms with van der Waals surface area (Å²) in [5.74, 6) is -4.06. The first kappa shape index (κ1) is 18.8. The minimum absolute atomic E-state index is 0.139. The normalized spacial score (nSPS) is 19.0. The summed E-state index contributed by atoms with van der Waals surface area (Å²) in [6.45, 7) is 0. The van der Waals surface area contributed by atoms with Crippen molar-refractivity contribution in [2.24, 2.45) is 7.05 Å². The number of urea groups is 1. The summed E-state index contributed by atoms with van der Waals surface area (Å²) in [5.41, 5.74) is 1.66. The van der Waals surface area contributed by atoms with Gasteiger partial charge in [-0.2, -0.15) is 5.10 Å². The van der Waals surface area contributed by atoms with Crippen LogP contribution < -0.4 is 10.6 Å². The van der Waals surface area contributed by atoms with Gasteiger partial charge in [-0.15, -0.1) is 0 Å². The second-order valence-electron chi connectivity index (χ2n) is 7.55. The van der Waals surface area contributed by atoms with Gasteiger partial charge in [-0.25, -0.2) is 22.4 Å². The number of hydrogen-bond donors (Lipinski definition) is 2. The van der Waals surface area contributed by atoms with Crippen molar-refractivity contribution in [3.63, 3.8) is 0 Å². The molecule has 0 saturated heterocycles. The highest BCUT2D eigenvalue weighted by Gasteiger charge is 2.46. The molecule has 0 radical (unpaired) electrons. The predicted molar refractivity (Wildman–Crippen MR) is 95.3 cm³/mol. The van der Waals surface area contributed by atoms with Crippen molar-refractivity contribution in [2.45, 2.75) is 50.0 Å². The Balaban J connectivity index is 1.61. The van der Waals surface area contributed by atoms with Crippen LogP contribution in [0, 0.1) is 11.6 Å². The van der Waals surface area contributed by atoms with Gasteiger partial charge in [-0.1, -0.05) is 6.42 Å². The van der Waals surface area contributed by atoms with Gasteiger partial charge in [0.1, 0.15) is 5.82 Å². The number of nitrogens with zero attached hydrogens (tertiary/aromatic N) is 2. The first-order chi connectivity index (χ1) is 13.2. The van der Waals surface area contributed by atoms with Crippen LogP contribution in [0.1, 0.15) is 43.6 Å². The lowest BCUT2D eigenvalue weighted by atomic mass is 9.79. The molecule has 150 valence electrons. The van der Waals surface area contributed by atoms with E-state index in [0.29, 0.717) is 17.1 Å². The fourth-order valence-electron chi connectivity index (χ4n) is 3.72. The van der Waals surface area contributed by atoms with E-state index in [2.05, 4.69) is 15.7 Å². The largest absolute Gasteiger partial charge is 0.335 e. The minimum Gasteiger partial charge on any atom is -0.335 e. The predicted octanol–water partition coefficient (Wildman–Crippen LogP) is 4.55. The number of aromatic nitrogens is 2. The van der Waals surface area contributed by atoms with E-state index in [1.165, 1.54) is 10.7 Å². The molecule has 2 fully saturated rings. The van der Waals surface area contributed by atoms with Gasteiger partial charge < -0.3 is 5.32 Å². The zero-order valence-corrected chi connectivity index (χ0v) is 15.2. The number of hydrogen-bond acceptors (Lipinski definition) is 2. The zero-order chi connectivity index (χ0) is 20.1. The first-order valence-electron chi connectivity index (χ1n) is 9.21. The summed E-state index contributed by atoms with van der Waals surface area (Å²) >= 11 is 0. The van der Waals surface area contributed by atoms with Crippen LogP contribution in [0.5, 0.6) is 0 Å². The quantitative estimate of drug-likeness (QED) is 0.745. The number of carbonyl (C=O) groups is 1. The number of amides is 2. The van der Waals surface area contributed by atoms with Gasteiger partial charge in [-0.3, -0.25) is 10.00 Å². The molecular formula is C19H20F4N4O. The van der Waals surface area contributed by atoms with Gasteiger partial charge in [0.15, 0.2) is 11.6 Å². The maximum Gasteiger partial charge on any atom is 0.320 e. The van der Waals surface area contributed by atoms with E-state index in [1.807, 2.05) is 0 Å². The van der Waals surface area contributed by atoms with Crippen molar-refractivity contribution in [1.82, 2.24) is 15.1 Å². The highest BCUT2D eigenvalue weighted by atomic mass is 19.3. The molecule has 0 bridgehead atoms. The molecule has 2 N–H and O–H groups in total. The van der Waals surface area contributed by atoms with E-state index in [1.54, 1.807) is 7.05 Å². The number of alkyl halides is 2. The summed E-state index contributed by atoms with van der Waals surface area (Å²) in [5, 5.41) is 9.65. The Kier molecular flexibility index (Phi) is 4.55. The summed E-state index contributed by atoms with van der Waals surface area (Å²) < 4.78 is 54.4. The molecule has 4 rings (SSSR count). The Morgan fingerprint density at radius 3 is 2.50 bits per heavy atom. The number of anilines is 1. The number of aryl methyl sites for hydroxylation is 1. The molecule has 1 heterocycles. The SMILES string of the molecule is Cn1nc(-c2ccc(F)c(F)c2)c(C2CCC2)c1NC(=O)NC1CC(F)(F)C1. The third kappa shape index (κ3) is 3.45. The lowest BCUT2D eigenvalue weighted by molar-refractivity contribution is -0.0893. The van der Waals surface area contributed by atoms with Gasteiger partial charge in [0.2, 0.25) is 0 Å². The Hall–Kier alpha value is -2.58. The molecule has 0 unspecified atom stereocenters. The van der Waals surface area contributed by atoms with Crippen molar-refractivity contribution < 1.29 is 22.4 Å². The van der Waals surface area contributed by atoms with E-state index >= 15 is 0 Å². The van der Waals surface area contributed by atoms with E-state index in [4.69, 9.17) is 0 Å². The molecular weight excluding hydrogens is 376 g/mol. The molecule has 0 atom stereocenters. The zero-order valence-electron chi connectivity index (χ0n) is 15.2. The van der Waals surface area contributed by atoms with Crippen LogP contribution in [0.4, 0.5) is 28.2 Å². The molecule has 2 saturated carbocycles. The number of nitrogens with one attached hydrogen (secondary N) is 2. The Morgan fingerprint density at radius 2 is 1.93 bits per heavy atom. The summed E-state index contributed by atoms with van der Waals surface area (Å²) in [6.07, 6.45) is 2.07. The third-order valence-electron chi connectivity index (χ3n) is 5.45. The molecule has 28 heavy (non-hydrogen) atoms. The van der Waals surface area contributed by atoms with E-state index in [0.717, 1.165) is 37.0 Å². The van der Waals surface area contributed by atoms with Crippen LogP contribution in [0.15, 0.2) is 18.2 Å². The summed E-state index contributed by atoms with van der Waals surface area (Å²) in [7, 11) is 1.64. The smallest absolute Gasteiger partial charge is 0.320 e. The highest BCUT2D eigenvalue weighted by molar-refractivity contribution is 5.91. The molecule has 2 aromatic rings. The van der Waals surface area contributed by atoms with Gasteiger partial charge in [-0.05, 0) is 37.0 Å². The lowest BCUT2D eigenvalue weighted by Crippen LogP contribution is -2.51. The Bertz CT molecular complexity index is 915. The number of rotatable bonds is 4. The number of benzene rings is 1. The lowest BCUT2D eigenvalue weighted by Gasteiger charge is -2.35. The molecule has 1 aromatic heterocycles. The van der Waals surface area contributed by atoms with Crippen LogP contribution >= 0.6 is 0 Å². The summed E-state index contributed by atoms with van der Waals surface area (Å²) in [4.78, 5) is 12.3. The van der Waals surface area contributed by atoms with Gasteiger partial charge in [0, 0.05) is 37.1 Å². The van der Waals surface area contributed by atoms with Gasteiger partial charge in [0.05, 0.1) is 5.69 Å². The van der Waals surface area contributed by atoms with Crippen LogP contribution in [0.3, 0.4) is 0 Å². The first-order valence-corrected chi connectivity index (χ1v) is 9.21. The van der Waals surface area contributed by atoms with Crippen molar-refractivity contribution in [3.8, 4) is 11.3 Å². The van der Waals surface area contributed by atoms with E-state index in [-0.39, 0.29) is 18.8 Å². The van der Waals surface area contributed by atoms with Crippen LogP contribution in [-0.2, 0) is 7.05 Å². The van der Waals surface area contributed by atoms with Crippen molar-refractivity contribution in [2.75, 3.05) is 5.32 Å². The second kappa shape index (κ2) is 6.79. The van der Waals surface area contributed by atoms with E-state index in [9.17, 15) is 22.4 Å². The molecule has 0 aliphatic heterocycles. The number of carbonyl (C=O) groups excluding carboxylic acids is 1. The van der Waals surface area contributed by atoms with Crippen LogP contribution in [0.2, 0.25) is 0 Å². The molecule has 9 heteroatoms. The Morgan fingerprint density at radius 1 is 1.21 bits per heavy atom. The molecule has 2 aliphatic rings. The molecule has 0 spiro atoms. The van der Waals surface area contributed by atoms with Gasteiger partial charge in [0.25, 0.3) is 5.92 Å². The van der Waals surface area contributed by atoms with Crippen molar-refractivity contribution in [1.29, 1.82) is 0 Å². The average molecular weight is 396 g/mol. The summed E-state index contributed by atoms with van der Waals surface area (Å²) in [6, 6.07) is 2.42. The van der Waals surface area contributed by atoms with Crippen molar-refractivity contribution in [3.05, 3.63) is 35.4 Å². The van der Waals surface area contributed by atoms with Crippen LogP contribution in [0.25, 0.3) is 11.3 Å². The molecule has 2 aliphatic carbocycles. The highest BCUT2D eigenvalue weighted by Crippen LogP contribution is 2.45. The third-order valence-corrected chi connectivity index (χ3v) is 5.45. The molecule has 2 amide bonds. The Labute approximate surface area is 159 Å².